The highest BCUT2D eigenvalue weighted by atomic mass is 32.2. The van der Waals surface area contributed by atoms with Crippen LogP contribution in [0.3, 0.4) is 0 Å². The summed E-state index contributed by atoms with van der Waals surface area (Å²) >= 11 is 1.53. The van der Waals surface area contributed by atoms with Gasteiger partial charge in [-0.2, -0.15) is 0 Å². The Labute approximate surface area is 157 Å². The Morgan fingerprint density at radius 1 is 0.846 bits per heavy atom. The summed E-state index contributed by atoms with van der Waals surface area (Å²) in [4.78, 5) is 26.2. The molecule has 0 aliphatic rings. The van der Waals surface area contributed by atoms with Gasteiger partial charge in [-0.05, 0) is 55.8 Å². The lowest BCUT2D eigenvalue weighted by molar-refractivity contribution is 0.101. The van der Waals surface area contributed by atoms with Crippen molar-refractivity contribution in [1.29, 1.82) is 0 Å². The van der Waals surface area contributed by atoms with E-state index >= 15 is 0 Å². The Hall–Kier alpha value is -2.85. The second kappa shape index (κ2) is 8.02. The lowest BCUT2D eigenvalue weighted by Crippen LogP contribution is -2.13. The SMILES string of the molecule is CC(=O)c1ccccc1Sc1ccc(C(=O)Nc2ccccc2)c(C)c1. The van der Waals surface area contributed by atoms with Crippen LogP contribution in [0.4, 0.5) is 5.69 Å². The fourth-order valence-corrected chi connectivity index (χ4v) is 3.74. The van der Waals surface area contributed by atoms with Crippen LogP contribution in [-0.2, 0) is 0 Å². The van der Waals surface area contributed by atoms with Crippen LogP contribution in [0, 0.1) is 6.92 Å². The number of carbonyl (C=O) groups is 2. The summed E-state index contributed by atoms with van der Waals surface area (Å²) in [5, 5.41) is 2.90. The molecule has 0 fully saturated rings. The Bertz CT molecular complexity index is 951. The van der Waals surface area contributed by atoms with E-state index in [9.17, 15) is 9.59 Å². The number of ketones is 1. The molecule has 3 aromatic rings. The van der Waals surface area contributed by atoms with Gasteiger partial charge in [0.1, 0.15) is 0 Å². The number of amides is 1. The second-order valence-corrected chi connectivity index (χ2v) is 7.07. The zero-order valence-corrected chi connectivity index (χ0v) is 15.5. The Kier molecular flexibility index (Phi) is 5.54. The second-order valence-electron chi connectivity index (χ2n) is 5.95. The van der Waals surface area contributed by atoms with Crippen molar-refractivity contribution in [2.75, 3.05) is 5.32 Å². The van der Waals surface area contributed by atoms with Crippen LogP contribution in [-0.4, -0.2) is 11.7 Å². The molecule has 0 atom stereocenters. The van der Waals surface area contributed by atoms with E-state index in [-0.39, 0.29) is 11.7 Å². The maximum Gasteiger partial charge on any atom is 0.255 e. The molecular weight excluding hydrogens is 342 g/mol. The summed E-state index contributed by atoms with van der Waals surface area (Å²) in [6.45, 7) is 3.49. The number of nitrogens with one attached hydrogen (secondary N) is 1. The van der Waals surface area contributed by atoms with E-state index in [1.165, 1.54) is 11.8 Å². The maximum atomic E-state index is 12.5. The minimum Gasteiger partial charge on any atom is -0.322 e. The van der Waals surface area contributed by atoms with Gasteiger partial charge in [0.15, 0.2) is 5.78 Å². The minimum atomic E-state index is -0.130. The van der Waals surface area contributed by atoms with Crippen molar-refractivity contribution >= 4 is 29.1 Å². The minimum absolute atomic E-state index is 0.0451. The van der Waals surface area contributed by atoms with Crippen molar-refractivity contribution in [3.8, 4) is 0 Å². The number of anilines is 1. The zero-order valence-electron chi connectivity index (χ0n) is 14.7. The van der Waals surface area contributed by atoms with Crippen LogP contribution in [0.2, 0.25) is 0 Å². The van der Waals surface area contributed by atoms with Crippen molar-refractivity contribution in [2.24, 2.45) is 0 Å². The van der Waals surface area contributed by atoms with Crippen LogP contribution in [0.5, 0.6) is 0 Å². The van der Waals surface area contributed by atoms with Gasteiger partial charge in [-0.15, -0.1) is 0 Å². The standard InChI is InChI=1S/C22H19NO2S/c1-15-14-18(26-21-11-7-6-10-20(21)16(2)24)12-13-19(15)22(25)23-17-8-4-3-5-9-17/h3-14H,1-2H3,(H,23,25). The topological polar surface area (TPSA) is 46.2 Å². The third-order valence-electron chi connectivity index (χ3n) is 3.97. The van der Waals surface area contributed by atoms with Crippen LogP contribution >= 0.6 is 11.8 Å². The van der Waals surface area contributed by atoms with Gasteiger partial charge in [-0.3, -0.25) is 9.59 Å². The van der Waals surface area contributed by atoms with Gasteiger partial charge in [0.05, 0.1) is 0 Å². The fraction of sp³-hybridized carbons (Fsp3) is 0.0909. The summed E-state index contributed by atoms with van der Waals surface area (Å²) in [5.74, 6) is -0.0851. The lowest BCUT2D eigenvalue weighted by Gasteiger charge is -2.11. The van der Waals surface area contributed by atoms with Gasteiger partial charge in [0, 0.05) is 26.6 Å². The average molecular weight is 361 g/mol. The van der Waals surface area contributed by atoms with Gasteiger partial charge < -0.3 is 5.32 Å². The van der Waals surface area contributed by atoms with E-state index in [4.69, 9.17) is 0 Å². The third-order valence-corrected chi connectivity index (χ3v) is 5.03. The highest BCUT2D eigenvalue weighted by Crippen LogP contribution is 2.32. The molecule has 0 aliphatic heterocycles. The maximum absolute atomic E-state index is 12.5. The van der Waals surface area contributed by atoms with Gasteiger partial charge in [-0.1, -0.05) is 48.2 Å². The molecular formula is C22H19NO2S. The Morgan fingerprint density at radius 3 is 2.23 bits per heavy atom. The van der Waals surface area contributed by atoms with Crippen molar-refractivity contribution < 1.29 is 9.59 Å². The molecule has 0 heterocycles. The van der Waals surface area contributed by atoms with Crippen LogP contribution in [0.15, 0.2) is 82.6 Å². The molecule has 26 heavy (non-hydrogen) atoms. The number of hydrogen-bond acceptors (Lipinski definition) is 3. The van der Waals surface area contributed by atoms with E-state index in [1.54, 1.807) is 6.92 Å². The number of rotatable bonds is 5. The van der Waals surface area contributed by atoms with Gasteiger partial charge in [-0.25, -0.2) is 0 Å². The van der Waals surface area contributed by atoms with Crippen molar-refractivity contribution in [3.05, 3.63) is 89.5 Å². The quantitative estimate of drug-likeness (QED) is 0.602. The predicted molar refractivity (Wildman–Crippen MR) is 106 cm³/mol. The van der Waals surface area contributed by atoms with Gasteiger partial charge in [0.2, 0.25) is 0 Å². The first-order valence-corrected chi connectivity index (χ1v) is 9.11. The first-order chi connectivity index (χ1) is 12.5. The molecule has 3 aromatic carbocycles. The van der Waals surface area contributed by atoms with Crippen molar-refractivity contribution in [3.63, 3.8) is 0 Å². The first-order valence-electron chi connectivity index (χ1n) is 8.29. The fourth-order valence-electron chi connectivity index (χ4n) is 2.65. The first kappa shape index (κ1) is 18.0. The molecule has 0 aromatic heterocycles. The number of hydrogen-bond donors (Lipinski definition) is 1. The van der Waals surface area contributed by atoms with E-state index in [0.717, 1.165) is 21.0 Å². The largest absolute Gasteiger partial charge is 0.322 e. The highest BCUT2D eigenvalue weighted by molar-refractivity contribution is 7.99. The third kappa shape index (κ3) is 4.21. The number of aryl methyl sites for hydroxylation is 1. The van der Waals surface area contributed by atoms with Crippen LogP contribution in [0.25, 0.3) is 0 Å². The normalized spacial score (nSPS) is 10.4. The van der Waals surface area contributed by atoms with E-state index < -0.39 is 0 Å². The summed E-state index contributed by atoms with van der Waals surface area (Å²) < 4.78 is 0. The Balaban J connectivity index is 1.80. The molecule has 0 saturated heterocycles. The average Bonchev–Trinajstić information content (AvgIpc) is 2.63. The molecule has 3 nitrogen and oxygen atoms in total. The van der Waals surface area contributed by atoms with Crippen molar-refractivity contribution in [1.82, 2.24) is 0 Å². The molecule has 0 saturated carbocycles. The molecule has 0 bridgehead atoms. The number of para-hydroxylation sites is 1. The van der Waals surface area contributed by atoms with Crippen LogP contribution in [0.1, 0.15) is 33.2 Å². The smallest absolute Gasteiger partial charge is 0.255 e. The van der Waals surface area contributed by atoms with Crippen molar-refractivity contribution in [2.45, 2.75) is 23.6 Å². The molecule has 0 aliphatic carbocycles. The molecule has 0 spiro atoms. The van der Waals surface area contributed by atoms with Gasteiger partial charge in [0.25, 0.3) is 5.91 Å². The summed E-state index contributed by atoms with van der Waals surface area (Å²) in [6.07, 6.45) is 0. The molecule has 4 heteroatoms. The predicted octanol–water partition coefficient (Wildman–Crippen LogP) is 5.60. The molecule has 3 rings (SSSR count). The lowest BCUT2D eigenvalue weighted by atomic mass is 10.1. The van der Waals surface area contributed by atoms with Gasteiger partial charge >= 0.3 is 0 Å². The highest BCUT2D eigenvalue weighted by Gasteiger charge is 2.12. The zero-order chi connectivity index (χ0) is 18.5. The van der Waals surface area contributed by atoms with E-state index in [1.807, 2.05) is 79.7 Å². The van der Waals surface area contributed by atoms with E-state index in [2.05, 4.69) is 5.32 Å². The van der Waals surface area contributed by atoms with E-state index in [0.29, 0.717) is 11.1 Å². The summed E-state index contributed by atoms with van der Waals surface area (Å²) in [5.41, 5.74) is 3.01. The molecule has 0 unspecified atom stereocenters. The summed E-state index contributed by atoms with van der Waals surface area (Å²) in [6, 6.07) is 22.7. The molecule has 0 radical (unpaired) electrons. The monoisotopic (exact) mass is 361 g/mol. The van der Waals surface area contributed by atoms with Crippen LogP contribution < -0.4 is 5.32 Å². The molecule has 1 amide bonds. The number of carbonyl (C=O) groups excluding carboxylic acids is 2. The Morgan fingerprint density at radius 2 is 1.54 bits per heavy atom. The number of Topliss-reactive ketones (excluding diaryl/α,β-unsaturated/α-hetero) is 1. The molecule has 130 valence electrons. The summed E-state index contributed by atoms with van der Waals surface area (Å²) in [7, 11) is 0. The number of benzene rings is 3. The molecule has 1 N–H and O–H groups in total.